The maximum absolute atomic E-state index is 13.0. The van der Waals surface area contributed by atoms with Gasteiger partial charge in [-0.1, -0.05) is 18.2 Å². The Labute approximate surface area is 115 Å². The average molecular weight is 273 g/mol. The summed E-state index contributed by atoms with van der Waals surface area (Å²) in [6.45, 7) is 1.04. The maximum Gasteiger partial charge on any atom is 0.162 e. The lowest BCUT2D eigenvalue weighted by Crippen LogP contribution is -2.07. The number of para-hydroxylation sites is 1. The summed E-state index contributed by atoms with van der Waals surface area (Å²) < 4.78 is 33.3. The van der Waals surface area contributed by atoms with E-state index in [1.54, 1.807) is 0 Å². The fourth-order valence-corrected chi connectivity index (χ4v) is 2.16. The monoisotopic (exact) mass is 273 g/mol. The van der Waals surface area contributed by atoms with Crippen molar-refractivity contribution in [1.29, 1.82) is 0 Å². The van der Waals surface area contributed by atoms with E-state index in [2.05, 4.69) is 4.57 Å². The summed E-state index contributed by atoms with van der Waals surface area (Å²) in [7, 11) is 0. The van der Waals surface area contributed by atoms with Crippen LogP contribution in [0.1, 0.15) is 0 Å². The van der Waals surface area contributed by atoms with E-state index >= 15 is 0 Å². The summed E-state index contributed by atoms with van der Waals surface area (Å²) in [5, 5.41) is 1.17. The maximum atomic E-state index is 13.0. The van der Waals surface area contributed by atoms with Gasteiger partial charge in [-0.15, -0.1) is 0 Å². The van der Waals surface area contributed by atoms with Crippen molar-refractivity contribution in [3.05, 3.63) is 66.4 Å². The molecule has 1 heterocycles. The zero-order valence-electron chi connectivity index (χ0n) is 10.7. The number of rotatable bonds is 4. The van der Waals surface area contributed by atoms with Crippen molar-refractivity contribution in [2.75, 3.05) is 6.61 Å². The molecular weight excluding hydrogens is 260 g/mol. The molecule has 102 valence electrons. The van der Waals surface area contributed by atoms with E-state index in [9.17, 15) is 8.78 Å². The zero-order chi connectivity index (χ0) is 13.9. The molecule has 0 saturated heterocycles. The minimum Gasteiger partial charge on any atom is -0.492 e. The van der Waals surface area contributed by atoms with Gasteiger partial charge in [-0.3, -0.25) is 0 Å². The Morgan fingerprint density at radius 3 is 2.65 bits per heavy atom. The van der Waals surface area contributed by atoms with Crippen molar-refractivity contribution in [1.82, 2.24) is 4.57 Å². The SMILES string of the molecule is Fc1ccc(OCCn2ccc3ccccc32)cc1F. The minimum atomic E-state index is -0.895. The molecule has 0 amide bonds. The highest BCUT2D eigenvalue weighted by atomic mass is 19.2. The number of benzene rings is 2. The van der Waals surface area contributed by atoms with Gasteiger partial charge >= 0.3 is 0 Å². The van der Waals surface area contributed by atoms with Gasteiger partial charge in [-0.2, -0.15) is 0 Å². The Morgan fingerprint density at radius 1 is 0.950 bits per heavy atom. The van der Waals surface area contributed by atoms with E-state index in [4.69, 9.17) is 4.74 Å². The molecule has 0 saturated carbocycles. The molecule has 3 aromatic rings. The van der Waals surface area contributed by atoms with Crippen molar-refractivity contribution >= 4 is 10.9 Å². The zero-order valence-corrected chi connectivity index (χ0v) is 10.7. The number of hydrogen-bond acceptors (Lipinski definition) is 1. The normalized spacial score (nSPS) is 10.9. The lowest BCUT2D eigenvalue weighted by atomic mass is 10.2. The first-order chi connectivity index (χ1) is 9.74. The Balaban J connectivity index is 1.66. The largest absolute Gasteiger partial charge is 0.492 e. The van der Waals surface area contributed by atoms with E-state index in [-0.39, 0.29) is 0 Å². The first-order valence-corrected chi connectivity index (χ1v) is 6.36. The third-order valence-electron chi connectivity index (χ3n) is 3.17. The molecule has 3 rings (SSSR count). The number of aromatic nitrogens is 1. The second kappa shape index (κ2) is 5.33. The first-order valence-electron chi connectivity index (χ1n) is 6.36. The Morgan fingerprint density at radius 2 is 1.80 bits per heavy atom. The number of ether oxygens (including phenoxy) is 1. The Kier molecular flexibility index (Phi) is 3.37. The molecule has 1 aromatic heterocycles. The van der Waals surface area contributed by atoms with Crippen LogP contribution in [-0.2, 0) is 6.54 Å². The molecule has 2 nitrogen and oxygen atoms in total. The summed E-state index contributed by atoms with van der Waals surface area (Å²) in [4.78, 5) is 0. The molecule has 0 radical (unpaired) electrons. The van der Waals surface area contributed by atoms with Gasteiger partial charge in [0.05, 0.1) is 6.54 Å². The quantitative estimate of drug-likeness (QED) is 0.701. The van der Waals surface area contributed by atoms with Crippen molar-refractivity contribution in [2.45, 2.75) is 6.54 Å². The number of halogens is 2. The molecule has 0 bridgehead atoms. The van der Waals surface area contributed by atoms with E-state index in [1.807, 2.05) is 36.5 Å². The highest BCUT2D eigenvalue weighted by Gasteiger charge is 2.04. The molecule has 0 unspecified atom stereocenters. The van der Waals surface area contributed by atoms with E-state index in [1.165, 1.54) is 11.5 Å². The van der Waals surface area contributed by atoms with Crippen molar-refractivity contribution < 1.29 is 13.5 Å². The van der Waals surface area contributed by atoms with Gasteiger partial charge in [-0.25, -0.2) is 8.78 Å². The topological polar surface area (TPSA) is 14.2 Å². The molecule has 0 spiro atoms. The Bertz CT molecular complexity index is 736. The van der Waals surface area contributed by atoms with Gasteiger partial charge in [-0.05, 0) is 29.7 Å². The molecule has 20 heavy (non-hydrogen) atoms. The lowest BCUT2D eigenvalue weighted by molar-refractivity contribution is 0.298. The molecule has 0 aliphatic rings. The molecule has 0 aliphatic carbocycles. The van der Waals surface area contributed by atoms with Crippen LogP contribution >= 0.6 is 0 Å². The van der Waals surface area contributed by atoms with E-state index in [0.29, 0.717) is 18.9 Å². The second-order valence-electron chi connectivity index (χ2n) is 4.49. The van der Waals surface area contributed by atoms with Crippen molar-refractivity contribution in [2.24, 2.45) is 0 Å². The third kappa shape index (κ3) is 2.50. The average Bonchev–Trinajstić information content (AvgIpc) is 2.86. The van der Waals surface area contributed by atoms with Gasteiger partial charge in [0.2, 0.25) is 0 Å². The van der Waals surface area contributed by atoms with Crippen LogP contribution in [0.4, 0.5) is 8.78 Å². The smallest absolute Gasteiger partial charge is 0.162 e. The standard InChI is InChI=1S/C16H13F2NO/c17-14-6-5-13(11-15(14)18)20-10-9-19-8-7-12-3-1-2-4-16(12)19/h1-8,11H,9-10H2. The summed E-state index contributed by atoms with van der Waals surface area (Å²) in [6, 6.07) is 13.6. The summed E-state index contributed by atoms with van der Waals surface area (Å²) >= 11 is 0. The predicted molar refractivity (Wildman–Crippen MR) is 73.8 cm³/mol. The van der Waals surface area contributed by atoms with Crippen LogP contribution in [0.2, 0.25) is 0 Å². The fourth-order valence-electron chi connectivity index (χ4n) is 2.16. The minimum absolute atomic E-state index is 0.334. The first kappa shape index (κ1) is 12.7. The van der Waals surface area contributed by atoms with Crippen molar-refractivity contribution in [3.8, 4) is 5.75 Å². The molecule has 0 aliphatic heterocycles. The molecule has 0 N–H and O–H groups in total. The van der Waals surface area contributed by atoms with Crippen LogP contribution in [0.3, 0.4) is 0 Å². The number of hydrogen-bond donors (Lipinski definition) is 0. The summed E-state index contributed by atoms with van der Waals surface area (Å²) in [5.41, 5.74) is 1.13. The van der Waals surface area contributed by atoms with Crippen molar-refractivity contribution in [3.63, 3.8) is 0 Å². The van der Waals surface area contributed by atoms with Gasteiger partial charge < -0.3 is 9.30 Å². The molecule has 4 heteroatoms. The van der Waals surface area contributed by atoms with Gasteiger partial charge in [0.15, 0.2) is 11.6 Å². The van der Waals surface area contributed by atoms with E-state index < -0.39 is 11.6 Å². The molecule has 2 aromatic carbocycles. The van der Waals surface area contributed by atoms with Gasteiger partial charge in [0.1, 0.15) is 12.4 Å². The molecule has 0 atom stereocenters. The van der Waals surface area contributed by atoms with Crippen LogP contribution in [0, 0.1) is 11.6 Å². The lowest BCUT2D eigenvalue weighted by Gasteiger charge is -2.08. The number of fused-ring (bicyclic) bond motifs is 1. The fraction of sp³-hybridized carbons (Fsp3) is 0.125. The van der Waals surface area contributed by atoms with Crippen LogP contribution in [0.15, 0.2) is 54.7 Å². The van der Waals surface area contributed by atoms with Gasteiger partial charge in [0, 0.05) is 17.8 Å². The predicted octanol–water partition coefficient (Wildman–Crippen LogP) is 4.00. The second-order valence-corrected chi connectivity index (χ2v) is 4.49. The highest BCUT2D eigenvalue weighted by molar-refractivity contribution is 5.79. The highest BCUT2D eigenvalue weighted by Crippen LogP contribution is 2.17. The molecule has 0 fully saturated rings. The summed E-state index contributed by atoms with van der Waals surface area (Å²) in [5.74, 6) is -1.43. The number of nitrogens with zero attached hydrogens (tertiary/aromatic N) is 1. The van der Waals surface area contributed by atoms with Crippen LogP contribution in [0.5, 0.6) is 5.75 Å². The van der Waals surface area contributed by atoms with E-state index in [0.717, 1.165) is 17.6 Å². The molecular formula is C16H13F2NO. The summed E-state index contributed by atoms with van der Waals surface area (Å²) in [6.07, 6.45) is 1.99. The third-order valence-corrected chi connectivity index (χ3v) is 3.17. The Hall–Kier alpha value is -2.36. The van der Waals surface area contributed by atoms with Crippen LogP contribution in [-0.4, -0.2) is 11.2 Å². The van der Waals surface area contributed by atoms with Crippen LogP contribution in [0.25, 0.3) is 10.9 Å². The van der Waals surface area contributed by atoms with Gasteiger partial charge in [0.25, 0.3) is 0 Å². The van der Waals surface area contributed by atoms with Crippen LogP contribution < -0.4 is 4.74 Å².